The Labute approximate surface area is 82.8 Å². The van der Waals surface area contributed by atoms with Gasteiger partial charge in [-0.25, -0.2) is 0 Å². The van der Waals surface area contributed by atoms with Gasteiger partial charge in [0.2, 0.25) is 0 Å². The Morgan fingerprint density at radius 2 is 2.15 bits per heavy atom. The average molecular weight is 181 g/mol. The lowest BCUT2D eigenvalue weighted by atomic mass is 9.92. The topological polar surface area (TPSA) is 3.24 Å². The van der Waals surface area contributed by atoms with Gasteiger partial charge in [0.15, 0.2) is 0 Å². The van der Waals surface area contributed by atoms with E-state index in [1.165, 1.54) is 31.4 Å². The van der Waals surface area contributed by atoms with E-state index in [2.05, 4.69) is 39.2 Å². The lowest BCUT2D eigenvalue weighted by Gasteiger charge is -2.40. The van der Waals surface area contributed by atoms with Gasteiger partial charge in [0, 0.05) is 17.3 Å². The lowest BCUT2D eigenvalue weighted by molar-refractivity contribution is 0.136. The minimum atomic E-state index is 0.389. The highest BCUT2D eigenvalue weighted by molar-refractivity contribution is 5.11. The smallest absolute Gasteiger partial charge is 0.0377 e. The Balaban J connectivity index is 2.79. The van der Waals surface area contributed by atoms with Crippen molar-refractivity contribution >= 4 is 0 Å². The Kier molecular flexibility index (Phi) is 3.05. The second-order valence-corrected chi connectivity index (χ2v) is 4.78. The molecule has 0 aromatic heterocycles. The van der Waals surface area contributed by atoms with Crippen LogP contribution < -0.4 is 0 Å². The fourth-order valence-electron chi connectivity index (χ4n) is 2.81. The minimum absolute atomic E-state index is 0.389. The van der Waals surface area contributed by atoms with Crippen LogP contribution in [0.4, 0.5) is 0 Å². The van der Waals surface area contributed by atoms with Gasteiger partial charge in [-0.2, -0.15) is 0 Å². The molecule has 1 heteroatoms. The molecule has 0 saturated carbocycles. The molecule has 1 atom stereocenters. The maximum atomic E-state index is 4.16. The Morgan fingerprint density at radius 1 is 1.54 bits per heavy atom. The van der Waals surface area contributed by atoms with Crippen LogP contribution in [0.2, 0.25) is 0 Å². The van der Waals surface area contributed by atoms with Crippen molar-refractivity contribution < 1.29 is 0 Å². The first-order chi connectivity index (χ1) is 6.01. The third-order valence-corrected chi connectivity index (χ3v) is 3.18. The average Bonchev–Trinajstić information content (AvgIpc) is 2.27. The number of allylic oxidation sites excluding steroid dienone is 1. The van der Waals surface area contributed by atoms with Crippen molar-refractivity contribution in [1.29, 1.82) is 0 Å². The van der Waals surface area contributed by atoms with Crippen molar-refractivity contribution in [2.45, 2.75) is 65.0 Å². The molecular weight excluding hydrogens is 158 g/mol. The summed E-state index contributed by atoms with van der Waals surface area (Å²) >= 11 is 0. The highest BCUT2D eigenvalue weighted by atomic mass is 15.2. The molecule has 1 saturated heterocycles. The highest BCUT2D eigenvalue weighted by Crippen LogP contribution is 2.40. The van der Waals surface area contributed by atoms with Crippen LogP contribution in [0.15, 0.2) is 12.3 Å². The van der Waals surface area contributed by atoms with Gasteiger partial charge in [-0.05, 0) is 40.0 Å². The van der Waals surface area contributed by atoms with E-state index in [4.69, 9.17) is 0 Å². The molecule has 0 bridgehead atoms. The fourth-order valence-corrected chi connectivity index (χ4v) is 2.81. The molecule has 1 aliphatic rings. The summed E-state index contributed by atoms with van der Waals surface area (Å²) < 4.78 is 0. The summed E-state index contributed by atoms with van der Waals surface area (Å²) in [7, 11) is 0. The first-order valence-electron chi connectivity index (χ1n) is 5.48. The predicted octanol–water partition coefficient (Wildman–Crippen LogP) is 3.56. The molecule has 1 fully saturated rings. The van der Waals surface area contributed by atoms with Crippen LogP contribution in [0, 0.1) is 0 Å². The van der Waals surface area contributed by atoms with Gasteiger partial charge in [0.1, 0.15) is 0 Å². The van der Waals surface area contributed by atoms with Crippen LogP contribution in [0.25, 0.3) is 0 Å². The maximum Gasteiger partial charge on any atom is 0.0377 e. The van der Waals surface area contributed by atoms with Crippen LogP contribution >= 0.6 is 0 Å². The first kappa shape index (κ1) is 10.6. The molecule has 1 heterocycles. The molecule has 1 aliphatic heterocycles. The molecule has 0 amide bonds. The number of nitrogens with zero attached hydrogens (tertiary/aromatic N) is 1. The van der Waals surface area contributed by atoms with Crippen LogP contribution in [-0.2, 0) is 0 Å². The zero-order chi connectivity index (χ0) is 10.1. The van der Waals surface area contributed by atoms with Crippen LogP contribution in [0.5, 0.6) is 0 Å². The summed E-state index contributed by atoms with van der Waals surface area (Å²) in [6, 6.07) is 0.603. The number of hydrogen-bond acceptors (Lipinski definition) is 1. The summed E-state index contributed by atoms with van der Waals surface area (Å²) in [5.41, 5.74) is 1.73. The summed E-state index contributed by atoms with van der Waals surface area (Å²) in [5.74, 6) is 0. The second-order valence-electron chi connectivity index (χ2n) is 4.78. The first-order valence-corrected chi connectivity index (χ1v) is 5.48. The van der Waals surface area contributed by atoms with E-state index >= 15 is 0 Å². The van der Waals surface area contributed by atoms with Gasteiger partial charge in [0.25, 0.3) is 0 Å². The van der Waals surface area contributed by atoms with Gasteiger partial charge in [0.05, 0.1) is 0 Å². The second kappa shape index (κ2) is 3.73. The summed E-state index contributed by atoms with van der Waals surface area (Å²) in [6.45, 7) is 13.3. The Hall–Kier alpha value is -0.460. The normalized spacial score (nSPS) is 29.0. The molecule has 0 aliphatic carbocycles. The molecule has 76 valence electrons. The highest BCUT2D eigenvalue weighted by Gasteiger charge is 2.38. The van der Waals surface area contributed by atoms with Crippen molar-refractivity contribution in [3.63, 3.8) is 0 Å². The van der Waals surface area contributed by atoms with Crippen molar-refractivity contribution in [1.82, 2.24) is 4.90 Å². The van der Waals surface area contributed by atoms with E-state index in [0.717, 1.165) is 0 Å². The van der Waals surface area contributed by atoms with Gasteiger partial charge < -0.3 is 4.90 Å². The molecule has 0 aromatic carbocycles. The SMILES string of the molecule is C=C1CCC(C)(CCC)N1C(C)C. The predicted molar refractivity (Wildman–Crippen MR) is 58.7 cm³/mol. The van der Waals surface area contributed by atoms with E-state index in [1.54, 1.807) is 0 Å². The molecule has 0 N–H and O–H groups in total. The van der Waals surface area contributed by atoms with Crippen molar-refractivity contribution in [3.8, 4) is 0 Å². The molecule has 1 rings (SSSR count). The third-order valence-electron chi connectivity index (χ3n) is 3.18. The fraction of sp³-hybridized carbons (Fsp3) is 0.833. The summed E-state index contributed by atoms with van der Waals surface area (Å²) in [4.78, 5) is 2.52. The van der Waals surface area contributed by atoms with Gasteiger partial charge >= 0.3 is 0 Å². The minimum Gasteiger partial charge on any atom is -0.367 e. The molecule has 0 spiro atoms. The Bertz CT molecular complexity index is 195. The van der Waals surface area contributed by atoms with Crippen molar-refractivity contribution in [2.24, 2.45) is 0 Å². The van der Waals surface area contributed by atoms with E-state index in [9.17, 15) is 0 Å². The van der Waals surface area contributed by atoms with Crippen molar-refractivity contribution in [3.05, 3.63) is 12.3 Å². The molecule has 1 nitrogen and oxygen atoms in total. The molecular formula is C12H23N. The number of rotatable bonds is 3. The van der Waals surface area contributed by atoms with Gasteiger partial charge in [-0.1, -0.05) is 19.9 Å². The Morgan fingerprint density at radius 3 is 2.62 bits per heavy atom. The number of hydrogen-bond donors (Lipinski definition) is 0. The van der Waals surface area contributed by atoms with Crippen molar-refractivity contribution in [2.75, 3.05) is 0 Å². The van der Waals surface area contributed by atoms with Crippen LogP contribution in [-0.4, -0.2) is 16.5 Å². The van der Waals surface area contributed by atoms with Gasteiger partial charge in [-0.15, -0.1) is 0 Å². The van der Waals surface area contributed by atoms with E-state index in [0.29, 0.717) is 11.6 Å². The van der Waals surface area contributed by atoms with Crippen LogP contribution in [0.3, 0.4) is 0 Å². The maximum absolute atomic E-state index is 4.16. The van der Waals surface area contributed by atoms with Crippen LogP contribution in [0.1, 0.15) is 53.4 Å². The standard InChI is InChI=1S/C12H23N/c1-6-8-12(5)9-7-11(4)13(12)10(2)3/h10H,4,6-9H2,1-3,5H3. The van der Waals surface area contributed by atoms with Gasteiger partial charge in [-0.3, -0.25) is 0 Å². The van der Waals surface area contributed by atoms with E-state index < -0.39 is 0 Å². The number of likely N-dealkylation sites (tertiary alicyclic amines) is 1. The lowest BCUT2D eigenvalue weighted by Crippen LogP contribution is -2.44. The largest absolute Gasteiger partial charge is 0.367 e. The summed E-state index contributed by atoms with van der Waals surface area (Å²) in [5, 5.41) is 0. The molecule has 0 aromatic rings. The molecule has 1 unspecified atom stereocenters. The van der Waals surface area contributed by atoms with E-state index in [1.807, 2.05) is 0 Å². The monoisotopic (exact) mass is 181 g/mol. The van der Waals surface area contributed by atoms with E-state index in [-0.39, 0.29) is 0 Å². The zero-order valence-electron chi connectivity index (χ0n) is 9.56. The third kappa shape index (κ3) is 1.90. The molecule has 13 heavy (non-hydrogen) atoms. The zero-order valence-corrected chi connectivity index (χ0v) is 9.56. The summed E-state index contributed by atoms with van der Waals surface area (Å²) in [6.07, 6.45) is 5.05. The quantitative estimate of drug-likeness (QED) is 0.643. The molecule has 0 radical (unpaired) electrons.